The molecule has 0 spiro atoms. The molecule has 192 valence electrons. The average Bonchev–Trinajstić information content (AvgIpc) is 3.54. The summed E-state index contributed by atoms with van der Waals surface area (Å²) in [6.07, 6.45) is -2.71. The van der Waals surface area contributed by atoms with Gasteiger partial charge in [-0.25, -0.2) is 4.68 Å². The SMILES string of the molecule is Cc1cc(C(F)(F)F)nn1-c1ccc(COc2nc(-c3ccccc3C(C)C)c(C#N)c3cccn23)cc1. The van der Waals surface area contributed by atoms with Gasteiger partial charge in [-0.15, -0.1) is 0 Å². The smallest absolute Gasteiger partial charge is 0.435 e. The minimum atomic E-state index is -4.50. The average molecular weight is 516 g/mol. The van der Waals surface area contributed by atoms with Crippen LogP contribution >= 0.6 is 0 Å². The number of nitrogens with zero attached hydrogens (tertiary/aromatic N) is 5. The molecule has 5 rings (SSSR count). The van der Waals surface area contributed by atoms with Crippen LogP contribution in [-0.4, -0.2) is 19.2 Å². The van der Waals surface area contributed by atoms with Gasteiger partial charge >= 0.3 is 12.2 Å². The summed E-state index contributed by atoms with van der Waals surface area (Å²) >= 11 is 0. The number of alkyl halides is 3. The number of nitriles is 1. The first-order valence-corrected chi connectivity index (χ1v) is 12.0. The van der Waals surface area contributed by atoms with E-state index in [2.05, 4.69) is 25.0 Å². The summed E-state index contributed by atoms with van der Waals surface area (Å²) in [6, 6.07) is 22.2. The zero-order valence-electron chi connectivity index (χ0n) is 21.0. The van der Waals surface area contributed by atoms with Crippen molar-refractivity contribution in [2.24, 2.45) is 0 Å². The second-order valence-electron chi connectivity index (χ2n) is 9.27. The molecule has 2 aromatic carbocycles. The van der Waals surface area contributed by atoms with E-state index in [1.807, 2.05) is 36.4 Å². The van der Waals surface area contributed by atoms with Gasteiger partial charge in [0.1, 0.15) is 18.2 Å². The molecule has 3 heterocycles. The number of hydrogen-bond acceptors (Lipinski definition) is 4. The van der Waals surface area contributed by atoms with Crippen molar-refractivity contribution in [1.29, 1.82) is 5.26 Å². The van der Waals surface area contributed by atoms with Crippen LogP contribution in [0.5, 0.6) is 6.01 Å². The number of fused-ring (bicyclic) bond motifs is 1. The maximum atomic E-state index is 13.0. The lowest BCUT2D eigenvalue weighted by Crippen LogP contribution is -2.08. The summed E-state index contributed by atoms with van der Waals surface area (Å²) in [6.45, 7) is 5.93. The monoisotopic (exact) mass is 515 g/mol. The number of ether oxygens (including phenoxy) is 1. The van der Waals surface area contributed by atoms with Gasteiger partial charge in [0, 0.05) is 17.5 Å². The highest BCUT2D eigenvalue weighted by molar-refractivity contribution is 5.79. The van der Waals surface area contributed by atoms with Gasteiger partial charge in [0.2, 0.25) is 0 Å². The zero-order chi connectivity index (χ0) is 27.0. The van der Waals surface area contributed by atoms with E-state index in [1.54, 1.807) is 41.8 Å². The van der Waals surface area contributed by atoms with Crippen LogP contribution in [-0.2, 0) is 12.8 Å². The van der Waals surface area contributed by atoms with Crippen molar-refractivity contribution in [1.82, 2.24) is 19.2 Å². The molecule has 9 heteroatoms. The van der Waals surface area contributed by atoms with E-state index in [1.165, 1.54) is 4.68 Å². The summed E-state index contributed by atoms with van der Waals surface area (Å²) in [7, 11) is 0. The second-order valence-corrected chi connectivity index (χ2v) is 9.27. The molecule has 0 aliphatic rings. The molecule has 6 nitrogen and oxygen atoms in total. The first-order chi connectivity index (χ1) is 18.2. The van der Waals surface area contributed by atoms with Gasteiger partial charge in [-0.2, -0.15) is 28.5 Å². The van der Waals surface area contributed by atoms with Gasteiger partial charge in [0.05, 0.1) is 16.9 Å². The number of aryl methyl sites for hydroxylation is 1. The Labute approximate surface area is 217 Å². The van der Waals surface area contributed by atoms with E-state index in [0.29, 0.717) is 34.2 Å². The number of aromatic nitrogens is 4. The largest absolute Gasteiger partial charge is 0.460 e. The molecule has 0 unspecified atom stereocenters. The number of rotatable bonds is 6. The predicted molar refractivity (Wildman–Crippen MR) is 137 cm³/mol. The molecule has 0 amide bonds. The van der Waals surface area contributed by atoms with Crippen LogP contribution in [0.2, 0.25) is 0 Å². The highest BCUT2D eigenvalue weighted by atomic mass is 19.4. The molecule has 0 saturated heterocycles. The normalized spacial score (nSPS) is 11.7. The molecule has 0 radical (unpaired) electrons. The summed E-state index contributed by atoms with van der Waals surface area (Å²) in [5.74, 6) is 0.232. The fourth-order valence-electron chi connectivity index (χ4n) is 4.46. The summed E-state index contributed by atoms with van der Waals surface area (Å²) in [5.41, 5.74) is 4.43. The molecule has 0 aliphatic carbocycles. The van der Waals surface area contributed by atoms with Gasteiger partial charge in [0.25, 0.3) is 0 Å². The molecule has 0 N–H and O–H groups in total. The molecule has 5 aromatic rings. The zero-order valence-corrected chi connectivity index (χ0v) is 21.0. The Balaban J connectivity index is 1.46. The molecule has 3 aromatic heterocycles. The van der Waals surface area contributed by atoms with Gasteiger partial charge < -0.3 is 4.74 Å². The minimum absolute atomic E-state index is 0.170. The van der Waals surface area contributed by atoms with E-state index in [-0.39, 0.29) is 12.5 Å². The first-order valence-electron chi connectivity index (χ1n) is 12.0. The number of hydrogen-bond donors (Lipinski definition) is 0. The Morgan fingerprint density at radius 2 is 1.76 bits per heavy atom. The predicted octanol–water partition coefficient (Wildman–Crippen LogP) is 7.09. The number of benzene rings is 2. The maximum absolute atomic E-state index is 13.0. The molecule has 0 saturated carbocycles. The number of halogens is 3. The topological polar surface area (TPSA) is 68.1 Å². The third-order valence-electron chi connectivity index (χ3n) is 6.33. The maximum Gasteiger partial charge on any atom is 0.435 e. The van der Waals surface area contributed by atoms with Crippen molar-refractivity contribution in [2.45, 2.75) is 39.5 Å². The van der Waals surface area contributed by atoms with Crippen molar-refractivity contribution in [3.8, 4) is 29.0 Å². The first kappa shape index (κ1) is 25.1. The van der Waals surface area contributed by atoms with Gasteiger partial charge in [0.15, 0.2) is 5.69 Å². The summed E-state index contributed by atoms with van der Waals surface area (Å²) in [4.78, 5) is 4.77. The van der Waals surface area contributed by atoms with E-state index in [0.717, 1.165) is 22.8 Å². The lowest BCUT2D eigenvalue weighted by atomic mass is 9.93. The van der Waals surface area contributed by atoms with E-state index < -0.39 is 11.9 Å². The van der Waals surface area contributed by atoms with E-state index in [4.69, 9.17) is 9.72 Å². The van der Waals surface area contributed by atoms with Crippen molar-refractivity contribution < 1.29 is 17.9 Å². The van der Waals surface area contributed by atoms with Crippen LogP contribution in [0.1, 0.15) is 47.8 Å². The Bertz CT molecular complexity index is 1660. The Hall–Kier alpha value is -4.58. The Morgan fingerprint density at radius 3 is 2.42 bits per heavy atom. The summed E-state index contributed by atoms with van der Waals surface area (Å²) < 4.78 is 48.2. The van der Waals surface area contributed by atoms with Crippen molar-refractivity contribution in [3.63, 3.8) is 0 Å². The molecule has 0 bridgehead atoms. The molecule has 0 aliphatic heterocycles. The van der Waals surface area contributed by atoms with Crippen LogP contribution < -0.4 is 4.74 Å². The molecular weight excluding hydrogens is 491 g/mol. The van der Waals surface area contributed by atoms with Gasteiger partial charge in [-0.05, 0) is 54.3 Å². The third-order valence-corrected chi connectivity index (χ3v) is 6.33. The van der Waals surface area contributed by atoms with E-state index in [9.17, 15) is 18.4 Å². The van der Waals surface area contributed by atoms with Crippen molar-refractivity contribution in [2.75, 3.05) is 0 Å². The molecule has 0 fully saturated rings. The standard InChI is InChI=1S/C29H24F3N5O/c1-18(2)22-7-4-5-8-23(22)27-24(16-33)25-9-6-14-36(25)28(34-27)38-17-20-10-12-21(13-11-20)37-19(3)15-26(35-37)29(30,31)32/h4-15,18H,17H2,1-3H3. The van der Waals surface area contributed by atoms with E-state index >= 15 is 0 Å². The van der Waals surface area contributed by atoms with Crippen LogP contribution in [0.25, 0.3) is 22.5 Å². The van der Waals surface area contributed by atoms with Gasteiger partial charge in [-0.3, -0.25) is 4.40 Å². The molecule has 0 atom stereocenters. The summed E-state index contributed by atoms with van der Waals surface area (Å²) in [5, 5.41) is 13.7. The quantitative estimate of drug-likeness (QED) is 0.242. The molecular formula is C29H24F3N5O. The van der Waals surface area contributed by atoms with Gasteiger partial charge in [-0.1, -0.05) is 50.2 Å². The second kappa shape index (κ2) is 9.71. The van der Waals surface area contributed by atoms with Crippen LogP contribution in [0.15, 0.2) is 72.9 Å². The fourth-order valence-corrected chi connectivity index (χ4v) is 4.46. The molecule has 38 heavy (non-hydrogen) atoms. The minimum Gasteiger partial charge on any atom is -0.460 e. The lowest BCUT2D eigenvalue weighted by molar-refractivity contribution is -0.141. The van der Waals surface area contributed by atoms with Crippen molar-refractivity contribution >= 4 is 5.52 Å². The Kier molecular flexibility index (Phi) is 6.41. The Morgan fingerprint density at radius 1 is 1.03 bits per heavy atom. The van der Waals surface area contributed by atoms with Crippen LogP contribution in [0.3, 0.4) is 0 Å². The highest BCUT2D eigenvalue weighted by Gasteiger charge is 2.34. The fraction of sp³-hybridized carbons (Fsp3) is 0.207. The van der Waals surface area contributed by atoms with Crippen LogP contribution in [0, 0.1) is 18.3 Å². The van der Waals surface area contributed by atoms with Crippen molar-refractivity contribution in [3.05, 3.63) is 101 Å². The highest BCUT2D eigenvalue weighted by Crippen LogP contribution is 2.34. The lowest BCUT2D eigenvalue weighted by Gasteiger charge is -2.16. The third kappa shape index (κ3) is 4.61. The van der Waals surface area contributed by atoms with Crippen LogP contribution in [0.4, 0.5) is 13.2 Å².